The lowest BCUT2D eigenvalue weighted by Crippen LogP contribution is -2.59. The van der Waals surface area contributed by atoms with E-state index in [0.29, 0.717) is 11.3 Å². The van der Waals surface area contributed by atoms with Crippen molar-refractivity contribution in [3.63, 3.8) is 0 Å². The van der Waals surface area contributed by atoms with Crippen molar-refractivity contribution in [2.24, 2.45) is 0 Å². The first-order chi connectivity index (χ1) is 12.7. The van der Waals surface area contributed by atoms with E-state index < -0.39 is 5.37 Å². The van der Waals surface area contributed by atoms with E-state index in [1.165, 1.54) is 23.5 Å². The Morgan fingerprint density at radius 1 is 1.23 bits per heavy atom. The van der Waals surface area contributed by atoms with Crippen LogP contribution in [0.25, 0.3) is 0 Å². The normalized spacial score (nSPS) is 25.2. The summed E-state index contributed by atoms with van der Waals surface area (Å²) in [6.07, 6.45) is 6.10. The fourth-order valence-corrected chi connectivity index (χ4v) is 4.99. The lowest BCUT2D eigenvalue weighted by molar-refractivity contribution is -0.120. The molecule has 4 heterocycles. The summed E-state index contributed by atoms with van der Waals surface area (Å²) in [4.78, 5) is 30.2. The molecule has 0 aromatic carbocycles. The van der Waals surface area contributed by atoms with Crippen LogP contribution in [0, 0.1) is 0 Å². The average molecular weight is 393 g/mol. The number of amides is 2. The van der Waals surface area contributed by atoms with Crippen molar-refractivity contribution in [2.45, 2.75) is 28.4 Å². The molecule has 3 aliphatic rings. The second-order valence-electron chi connectivity index (χ2n) is 6.06. The number of carbonyl (C=O) groups excluding carboxylic acids is 2. The largest absolute Gasteiger partial charge is 0.363 e. The van der Waals surface area contributed by atoms with Crippen LogP contribution in [0.4, 0.5) is 5.69 Å². The standard InChI is InChI=1S/C16H20N6O2S2/c23-12(22-16-18-4-1-5-19-16)9-3-7-25-14(9)21-13(24)15-20-10-8-17-6-2-11(10)26-15/h2-3,6,8,14-16,18-20H,1,4-5,7H2,(H,21,24)(H,22,23). The Balaban J connectivity index is 1.33. The minimum Gasteiger partial charge on any atom is -0.363 e. The Bertz CT molecular complexity index is 712. The van der Waals surface area contributed by atoms with Crippen LogP contribution in [0.15, 0.2) is 35.0 Å². The van der Waals surface area contributed by atoms with Gasteiger partial charge >= 0.3 is 0 Å². The van der Waals surface area contributed by atoms with Crippen LogP contribution in [0.1, 0.15) is 6.42 Å². The van der Waals surface area contributed by atoms with Gasteiger partial charge in [-0.15, -0.1) is 11.8 Å². The van der Waals surface area contributed by atoms with Gasteiger partial charge in [0.2, 0.25) is 0 Å². The Kier molecular flexibility index (Phi) is 5.34. The third-order valence-electron chi connectivity index (χ3n) is 4.26. The maximum Gasteiger partial charge on any atom is 0.254 e. The molecule has 1 saturated heterocycles. The fourth-order valence-electron chi connectivity index (χ4n) is 2.95. The average Bonchev–Trinajstić information content (AvgIpc) is 3.29. The zero-order valence-electron chi connectivity index (χ0n) is 14.0. The molecule has 0 radical (unpaired) electrons. The van der Waals surface area contributed by atoms with Crippen molar-refractivity contribution in [3.05, 3.63) is 30.1 Å². The Morgan fingerprint density at radius 2 is 2.08 bits per heavy atom. The summed E-state index contributed by atoms with van der Waals surface area (Å²) in [6.45, 7) is 1.73. The lowest BCUT2D eigenvalue weighted by Gasteiger charge is -2.27. The Labute approximate surface area is 159 Å². The van der Waals surface area contributed by atoms with Gasteiger partial charge in [-0.05, 0) is 25.6 Å². The summed E-state index contributed by atoms with van der Waals surface area (Å²) in [7, 11) is 0. The highest BCUT2D eigenvalue weighted by Crippen LogP contribution is 2.37. The van der Waals surface area contributed by atoms with Gasteiger partial charge in [-0.1, -0.05) is 17.8 Å². The molecule has 0 aliphatic carbocycles. The van der Waals surface area contributed by atoms with Crippen LogP contribution in [-0.2, 0) is 9.59 Å². The Morgan fingerprint density at radius 3 is 2.88 bits per heavy atom. The first kappa shape index (κ1) is 17.7. The van der Waals surface area contributed by atoms with Crippen LogP contribution >= 0.6 is 23.5 Å². The predicted molar refractivity (Wildman–Crippen MR) is 103 cm³/mol. The number of nitrogens with one attached hydrogen (secondary N) is 5. The van der Waals surface area contributed by atoms with Gasteiger partial charge in [0.1, 0.15) is 11.7 Å². The number of fused-ring (bicyclic) bond motifs is 1. The van der Waals surface area contributed by atoms with Gasteiger partial charge in [0.05, 0.1) is 11.9 Å². The van der Waals surface area contributed by atoms with E-state index in [1.54, 1.807) is 12.4 Å². The number of hydrogen-bond acceptors (Lipinski definition) is 8. The maximum atomic E-state index is 12.6. The molecule has 26 heavy (non-hydrogen) atoms. The number of pyridine rings is 1. The highest BCUT2D eigenvalue weighted by molar-refractivity contribution is 8.01. The van der Waals surface area contributed by atoms with E-state index >= 15 is 0 Å². The molecule has 2 unspecified atom stereocenters. The Hall–Kier alpha value is -1.75. The van der Waals surface area contributed by atoms with Gasteiger partial charge in [-0.3, -0.25) is 25.2 Å². The molecule has 0 spiro atoms. The topological polar surface area (TPSA) is 107 Å². The van der Waals surface area contributed by atoms with Crippen LogP contribution in [0.2, 0.25) is 0 Å². The number of hydrogen-bond donors (Lipinski definition) is 5. The minimum absolute atomic E-state index is 0.141. The number of carbonyl (C=O) groups is 2. The molecule has 0 bridgehead atoms. The SMILES string of the molecule is O=C(NC1NCCCN1)C1=CCSC1NC(=O)C1Nc2cnccc2S1. The molecule has 138 valence electrons. The third kappa shape index (κ3) is 3.83. The molecule has 5 N–H and O–H groups in total. The van der Waals surface area contributed by atoms with Crippen LogP contribution in [-0.4, -0.2) is 52.7 Å². The molecule has 10 heteroatoms. The molecule has 3 aliphatic heterocycles. The number of anilines is 1. The van der Waals surface area contributed by atoms with Crippen molar-refractivity contribution in [1.82, 2.24) is 26.3 Å². The summed E-state index contributed by atoms with van der Waals surface area (Å²) >= 11 is 2.99. The van der Waals surface area contributed by atoms with Crippen molar-refractivity contribution >= 4 is 41.0 Å². The summed E-state index contributed by atoms with van der Waals surface area (Å²) in [5.41, 5.74) is 1.46. The van der Waals surface area contributed by atoms with E-state index in [1.807, 2.05) is 12.1 Å². The molecule has 8 nitrogen and oxygen atoms in total. The van der Waals surface area contributed by atoms with Crippen LogP contribution < -0.4 is 26.6 Å². The summed E-state index contributed by atoms with van der Waals surface area (Å²) in [6, 6.07) is 1.88. The third-order valence-corrected chi connectivity index (χ3v) is 6.50. The van der Waals surface area contributed by atoms with Gasteiger partial charge < -0.3 is 16.0 Å². The molecule has 2 amide bonds. The summed E-state index contributed by atoms with van der Waals surface area (Å²) in [5.74, 6) is 0.402. The van der Waals surface area contributed by atoms with Gasteiger partial charge in [-0.2, -0.15) is 0 Å². The van der Waals surface area contributed by atoms with Crippen molar-refractivity contribution in [2.75, 3.05) is 24.2 Å². The van der Waals surface area contributed by atoms with Gasteiger partial charge in [0.25, 0.3) is 11.8 Å². The number of thioether (sulfide) groups is 2. The summed E-state index contributed by atoms with van der Waals surface area (Å²) < 4.78 is 0. The number of rotatable bonds is 4. The number of nitrogens with zero attached hydrogens (tertiary/aromatic N) is 1. The first-order valence-electron chi connectivity index (χ1n) is 8.47. The maximum absolute atomic E-state index is 12.6. The second-order valence-corrected chi connectivity index (χ2v) is 8.35. The van der Waals surface area contributed by atoms with Crippen molar-refractivity contribution in [1.29, 1.82) is 0 Å². The van der Waals surface area contributed by atoms with E-state index in [2.05, 4.69) is 31.6 Å². The van der Waals surface area contributed by atoms with E-state index in [9.17, 15) is 9.59 Å². The predicted octanol–water partition coefficient (Wildman–Crippen LogP) is 0.0235. The summed E-state index contributed by atoms with van der Waals surface area (Å²) in [5, 5.41) is 14.7. The molecule has 1 aromatic rings. The van der Waals surface area contributed by atoms with Gasteiger partial charge in [0.15, 0.2) is 5.37 Å². The number of aromatic nitrogens is 1. The van der Waals surface area contributed by atoms with Crippen LogP contribution in [0.5, 0.6) is 0 Å². The molecule has 1 aromatic heterocycles. The molecule has 0 saturated carbocycles. The molecule has 1 fully saturated rings. The molecule has 2 atom stereocenters. The van der Waals surface area contributed by atoms with E-state index in [0.717, 1.165) is 30.1 Å². The highest BCUT2D eigenvalue weighted by atomic mass is 32.2. The fraction of sp³-hybridized carbons (Fsp3) is 0.438. The van der Waals surface area contributed by atoms with E-state index in [-0.39, 0.29) is 23.5 Å². The van der Waals surface area contributed by atoms with Crippen molar-refractivity contribution in [3.8, 4) is 0 Å². The van der Waals surface area contributed by atoms with Gasteiger partial charge in [0, 0.05) is 22.4 Å². The minimum atomic E-state index is -0.415. The van der Waals surface area contributed by atoms with Crippen molar-refractivity contribution < 1.29 is 9.59 Å². The zero-order valence-corrected chi connectivity index (χ0v) is 15.6. The zero-order chi connectivity index (χ0) is 17.9. The highest BCUT2D eigenvalue weighted by Gasteiger charge is 2.33. The van der Waals surface area contributed by atoms with E-state index in [4.69, 9.17) is 0 Å². The lowest BCUT2D eigenvalue weighted by atomic mass is 10.2. The molecular weight excluding hydrogens is 372 g/mol. The monoisotopic (exact) mass is 392 g/mol. The van der Waals surface area contributed by atoms with Gasteiger partial charge in [-0.25, -0.2) is 0 Å². The van der Waals surface area contributed by atoms with Crippen LogP contribution in [0.3, 0.4) is 0 Å². The molecular formula is C16H20N6O2S2. The molecule has 4 rings (SSSR count). The first-order valence-corrected chi connectivity index (χ1v) is 10.4. The smallest absolute Gasteiger partial charge is 0.254 e. The second kappa shape index (κ2) is 7.87. The quantitative estimate of drug-likeness (QED) is 0.488.